The monoisotopic (exact) mass is 256 g/mol. The number of piperidine rings is 1. The zero-order valence-corrected chi connectivity index (χ0v) is 11.1. The second-order valence-electron chi connectivity index (χ2n) is 5.29. The molecule has 1 aromatic carbocycles. The quantitative estimate of drug-likeness (QED) is 0.913. The van der Waals surface area contributed by atoms with Crippen LogP contribution < -0.4 is 0 Å². The molecular weight excluding hydrogens is 236 g/mol. The van der Waals surface area contributed by atoms with E-state index in [1.807, 2.05) is 12.1 Å². The van der Waals surface area contributed by atoms with Crippen LogP contribution in [0.1, 0.15) is 18.4 Å². The summed E-state index contributed by atoms with van der Waals surface area (Å²) in [6.45, 7) is 2.83. The number of benzene rings is 1. The number of β-amino-alcohol motifs (C(OH)–C–C–N with tert-alkyl or cyclic N) is 1. The summed E-state index contributed by atoms with van der Waals surface area (Å²) in [5, 5.41) is 9.68. The lowest BCUT2D eigenvalue weighted by Crippen LogP contribution is -2.37. The van der Waals surface area contributed by atoms with Gasteiger partial charge < -0.3 is 9.67 Å². The van der Waals surface area contributed by atoms with E-state index >= 15 is 0 Å². The van der Waals surface area contributed by atoms with Crippen molar-refractivity contribution in [2.75, 3.05) is 13.1 Å². The van der Waals surface area contributed by atoms with Crippen molar-refractivity contribution >= 4 is 0 Å². The Labute approximate surface area is 114 Å². The van der Waals surface area contributed by atoms with E-state index in [1.165, 1.54) is 11.3 Å². The van der Waals surface area contributed by atoms with Gasteiger partial charge in [0.15, 0.2) is 0 Å². The van der Waals surface area contributed by atoms with Crippen molar-refractivity contribution in [3.63, 3.8) is 0 Å². The largest absolute Gasteiger partial charge is 0.392 e. The first-order valence-corrected chi connectivity index (χ1v) is 6.94. The molecule has 0 amide bonds. The van der Waals surface area contributed by atoms with E-state index in [1.54, 1.807) is 0 Å². The number of hydrogen-bond acceptors (Lipinski definition) is 2. The minimum absolute atomic E-state index is 0.145. The zero-order valence-electron chi connectivity index (χ0n) is 11.1. The highest BCUT2D eigenvalue weighted by Gasteiger charge is 2.17. The lowest BCUT2D eigenvalue weighted by Gasteiger charge is -2.29. The lowest BCUT2D eigenvalue weighted by molar-refractivity contribution is 0.0668. The molecule has 1 aliphatic rings. The summed E-state index contributed by atoms with van der Waals surface area (Å²) >= 11 is 0. The van der Waals surface area contributed by atoms with Crippen LogP contribution in [0.2, 0.25) is 0 Å². The van der Waals surface area contributed by atoms with Crippen molar-refractivity contribution in [2.45, 2.75) is 25.5 Å². The van der Waals surface area contributed by atoms with Crippen LogP contribution in [-0.4, -0.2) is 33.8 Å². The summed E-state index contributed by atoms with van der Waals surface area (Å²) in [5.41, 5.74) is 2.50. The molecule has 1 atom stereocenters. The van der Waals surface area contributed by atoms with Crippen LogP contribution in [0.4, 0.5) is 0 Å². The number of hydrogen-bond donors (Lipinski definition) is 1. The molecule has 2 heterocycles. The highest BCUT2D eigenvalue weighted by molar-refractivity contribution is 5.35. The molecule has 0 spiro atoms. The fourth-order valence-electron chi connectivity index (χ4n) is 2.71. The summed E-state index contributed by atoms with van der Waals surface area (Å²) in [7, 11) is 0. The third-order valence-corrected chi connectivity index (χ3v) is 3.73. The Bertz CT molecular complexity index is 504. The molecule has 3 rings (SSSR count). The van der Waals surface area contributed by atoms with E-state index in [0.29, 0.717) is 0 Å². The number of aliphatic hydroxyl groups excluding tert-OH is 1. The molecule has 3 nitrogen and oxygen atoms in total. The fraction of sp³-hybridized carbons (Fsp3) is 0.375. The maximum atomic E-state index is 9.68. The summed E-state index contributed by atoms with van der Waals surface area (Å²) in [6, 6.07) is 12.7. The number of aliphatic hydroxyl groups is 1. The van der Waals surface area contributed by atoms with Gasteiger partial charge in [0, 0.05) is 31.2 Å². The van der Waals surface area contributed by atoms with Gasteiger partial charge in [0.05, 0.1) is 6.10 Å². The van der Waals surface area contributed by atoms with Crippen LogP contribution in [-0.2, 0) is 6.54 Å². The third-order valence-electron chi connectivity index (χ3n) is 3.73. The predicted octanol–water partition coefficient (Wildman–Crippen LogP) is 2.43. The highest BCUT2D eigenvalue weighted by atomic mass is 16.3. The molecule has 0 radical (unpaired) electrons. The van der Waals surface area contributed by atoms with Crippen molar-refractivity contribution in [2.24, 2.45) is 0 Å². The number of nitrogens with zero attached hydrogens (tertiary/aromatic N) is 2. The Balaban J connectivity index is 1.66. The molecule has 1 saturated heterocycles. The Morgan fingerprint density at radius 2 is 1.84 bits per heavy atom. The normalized spacial score (nSPS) is 20.6. The predicted molar refractivity (Wildman–Crippen MR) is 76.3 cm³/mol. The van der Waals surface area contributed by atoms with Crippen LogP contribution in [0.15, 0.2) is 48.8 Å². The minimum Gasteiger partial charge on any atom is -0.392 e. The van der Waals surface area contributed by atoms with Gasteiger partial charge in [-0.15, -0.1) is 0 Å². The Kier molecular flexibility index (Phi) is 3.67. The van der Waals surface area contributed by atoms with Gasteiger partial charge in [-0.3, -0.25) is 4.90 Å². The van der Waals surface area contributed by atoms with Gasteiger partial charge in [-0.05, 0) is 49.2 Å². The van der Waals surface area contributed by atoms with Crippen LogP contribution >= 0.6 is 0 Å². The van der Waals surface area contributed by atoms with Gasteiger partial charge in [0.2, 0.25) is 0 Å². The molecular formula is C16H20N2O. The molecule has 1 unspecified atom stereocenters. The van der Waals surface area contributed by atoms with Crippen LogP contribution in [0.5, 0.6) is 0 Å². The first-order valence-electron chi connectivity index (χ1n) is 6.94. The number of rotatable bonds is 3. The maximum absolute atomic E-state index is 9.68. The van der Waals surface area contributed by atoms with Gasteiger partial charge in [-0.25, -0.2) is 0 Å². The maximum Gasteiger partial charge on any atom is 0.0667 e. The summed E-state index contributed by atoms with van der Waals surface area (Å²) < 4.78 is 2.11. The second kappa shape index (κ2) is 5.59. The Morgan fingerprint density at radius 1 is 1.11 bits per heavy atom. The van der Waals surface area contributed by atoms with Gasteiger partial charge in [-0.2, -0.15) is 0 Å². The van der Waals surface area contributed by atoms with E-state index in [0.717, 1.165) is 32.5 Å². The molecule has 3 heteroatoms. The van der Waals surface area contributed by atoms with Crippen molar-refractivity contribution in [1.29, 1.82) is 0 Å². The van der Waals surface area contributed by atoms with Gasteiger partial charge in [0.1, 0.15) is 0 Å². The molecule has 0 bridgehead atoms. The average Bonchev–Trinajstić information content (AvgIpc) is 2.94. The van der Waals surface area contributed by atoms with Gasteiger partial charge in [-0.1, -0.05) is 12.1 Å². The average molecular weight is 256 g/mol. The van der Waals surface area contributed by atoms with Crippen LogP contribution in [0.25, 0.3) is 5.69 Å². The Hall–Kier alpha value is -1.58. The molecule has 1 N–H and O–H groups in total. The van der Waals surface area contributed by atoms with Gasteiger partial charge in [0.25, 0.3) is 0 Å². The molecule has 19 heavy (non-hydrogen) atoms. The van der Waals surface area contributed by atoms with E-state index in [9.17, 15) is 5.11 Å². The van der Waals surface area contributed by atoms with Crippen molar-refractivity contribution in [3.8, 4) is 5.69 Å². The number of aromatic nitrogens is 1. The molecule has 1 fully saturated rings. The van der Waals surface area contributed by atoms with E-state index in [-0.39, 0.29) is 6.10 Å². The lowest BCUT2D eigenvalue weighted by atomic mass is 10.1. The zero-order chi connectivity index (χ0) is 13.1. The Morgan fingerprint density at radius 3 is 2.53 bits per heavy atom. The highest BCUT2D eigenvalue weighted by Crippen LogP contribution is 2.15. The van der Waals surface area contributed by atoms with Crippen LogP contribution in [0, 0.1) is 0 Å². The van der Waals surface area contributed by atoms with E-state index in [4.69, 9.17) is 0 Å². The van der Waals surface area contributed by atoms with Crippen molar-refractivity contribution in [3.05, 3.63) is 54.4 Å². The third kappa shape index (κ3) is 3.06. The fourth-order valence-corrected chi connectivity index (χ4v) is 2.71. The summed E-state index contributed by atoms with van der Waals surface area (Å²) in [4.78, 5) is 2.33. The standard InChI is InChI=1S/C16H20N2O/c19-16-4-3-9-17(13-16)12-14-5-7-15(8-6-14)18-10-1-2-11-18/h1-2,5-8,10-11,16,19H,3-4,9,12-13H2. The van der Waals surface area contributed by atoms with Crippen molar-refractivity contribution < 1.29 is 5.11 Å². The summed E-state index contributed by atoms with van der Waals surface area (Å²) in [6.07, 6.45) is 6.01. The molecule has 0 saturated carbocycles. The van der Waals surface area contributed by atoms with E-state index in [2.05, 4.69) is 46.1 Å². The smallest absolute Gasteiger partial charge is 0.0667 e. The second-order valence-corrected chi connectivity index (χ2v) is 5.29. The summed E-state index contributed by atoms with van der Waals surface area (Å²) in [5.74, 6) is 0. The first-order chi connectivity index (χ1) is 9.31. The molecule has 2 aromatic rings. The topological polar surface area (TPSA) is 28.4 Å². The molecule has 100 valence electrons. The number of likely N-dealkylation sites (tertiary alicyclic amines) is 1. The SMILES string of the molecule is OC1CCCN(Cc2ccc(-n3cccc3)cc2)C1. The molecule has 1 aromatic heterocycles. The van der Waals surface area contributed by atoms with Crippen molar-refractivity contribution in [1.82, 2.24) is 9.47 Å². The van der Waals surface area contributed by atoms with Gasteiger partial charge >= 0.3 is 0 Å². The minimum atomic E-state index is -0.145. The molecule has 0 aliphatic carbocycles. The molecule has 1 aliphatic heterocycles. The van der Waals surface area contributed by atoms with E-state index < -0.39 is 0 Å². The first kappa shape index (κ1) is 12.5. The van der Waals surface area contributed by atoms with Crippen LogP contribution in [0.3, 0.4) is 0 Å².